The highest BCUT2D eigenvalue weighted by molar-refractivity contribution is 9.10. The number of nitrogens with zero attached hydrogens (tertiary/aromatic N) is 4. The van der Waals surface area contributed by atoms with Crippen LogP contribution in [0.4, 0.5) is 0 Å². The van der Waals surface area contributed by atoms with E-state index in [1.807, 2.05) is 48.5 Å². The smallest absolute Gasteiger partial charge is 0.266 e. The van der Waals surface area contributed by atoms with Crippen LogP contribution < -0.4 is 16.0 Å². The number of azide groups is 1. The molecule has 4 N–H and O–H groups in total. The number of aliphatic imine (C=N–C) groups is 1. The van der Waals surface area contributed by atoms with Crippen molar-refractivity contribution in [1.82, 2.24) is 5.43 Å². The molecule has 4 rings (SSSR count). The molecule has 0 aromatic heterocycles. The van der Waals surface area contributed by atoms with Gasteiger partial charge in [0.15, 0.2) is 11.6 Å². The summed E-state index contributed by atoms with van der Waals surface area (Å²) in [4.78, 5) is 21.3. The maximum atomic E-state index is 13.5. The first-order chi connectivity index (χ1) is 18.5. The third-order valence-corrected chi connectivity index (χ3v) is 6.75. The molecule has 0 spiro atoms. The Hall–Kier alpha value is -3.89. The molecule has 1 amide bonds. The summed E-state index contributed by atoms with van der Waals surface area (Å²) in [6.45, 7) is 0.580. The number of halogens is 1. The van der Waals surface area contributed by atoms with Crippen molar-refractivity contribution < 1.29 is 19.4 Å². The van der Waals surface area contributed by atoms with Crippen LogP contribution in [-0.2, 0) is 22.5 Å². The molecule has 0 aliphatic carbocycles. The van der Waals surface area contributed by atoms with Gasteiger partial charge < -0.3 is 14.6 Å². The van der Waals surface area contributed by atoms with Gasteiger partial charge in [0.2, 0.25) is 5.90 Å². The summed E-state index contributed by atoms with van der Waals surface area (Å²) in [5, 5.41) is 12.7. The van der Waals surface area contributed by atoms with Gasteiger partial charge in [-0.25, -0.2) is 10.8 Å². The maximum Gasteiger partial charge on any atom is 0.266 e. The normalized spacial score (nSPS) is 18.2. The van der Waals surface area contributed by atoms with E-state index in [0.29, 0.717) is 24.3 Å². The Kier molecular flexibility index (Phi) is 8.98. The van der Waals surface area contributed by atoms with Crippen molar-refractivity contribution in [2.75, 3.05) is 13.2 Å². The van der Waals surface area contributed by atoms with Crippen molar-refractivity contribution in [3.8, 4) is 5.75 Å². The van der Waals surface area contributed by atoms with Crippen molar-refractivity contribution in [2.24, 2.45) is 15.9 Å². The molecule has 0 fully saturated rings. The Labute approximate surface area is 228 Å². The van der Waals surface area contributed by atoms with E-state index < -0.39 is 17.6 Å². The van der Waals surface area contributed by atoms with Crippen LogP contribution in [0.5, 0.6) is 5.75 Å². The predicted octanol–water partition coefficient (Wildman–Crippen LogP) is 4.51. The molecule has 1 aliphatic rings. The highest BCUT2D eigenvalue weighted by Crippen LogP contribution is 2.43. The van der Waals surface area contributed by atoms with Crippen LogP contribution >= 0.6 is 15.9 Å². The first-order valence-electron chi connectivity index (χ1n) is 12.0. The highest BCUT2D eigenvalue weighted by atomic mass is 79.9. The number of benzene rings is 3. The lowest BCUT2D eigenvalue weighted by atomic mass is 9.81. The summed E-state index contributed by atoms with van der Waals surface area (Å²) in [5.41, 5.74) is 12.7. The molecule has 10 nitrogen and oxygen atoms in total. The number of ether oxygens (including phenoxy) is 2. The lowest BCUT2D eigenvalue weighted by molar-refractivity contribution is -0.129. The second-order valence-electron chi connectivity index (χ2n) is 8.65. The third kappa shape index (κ3) is 5.98. The van der Waals surface area contributed by atoms with Crippen molar-refractivity contribution in [3.63, 3.8) is 0 Å². The van der Waals surface area contributed by atoms with Gasteiger partial charge in [0.25, 0.3) is 5.91 Å². The molecule has 3 aromatic carbocycles. The van der Waals surface area contributed by atoms with E-state index in [1.165, 1.54) is 0 Å². The Morgan fingerprint density at radius 2 is 1.87 bits per heavy atom. The van der Waals surface area contributed by atoms with Crippen LogP contribution in [-0.4, -0.2) is 35.7 Å². The van der Waals surface area contributed by atoms with E-state index >= 15 is 0 Å². The number of hydrogen-bond donors (Lipinski definition) is 3. The van der Waals surface area contributed by atoms with Crippen molar-refractivity contribution in [2.45, 2.75) is 31.0 Å². The van der Waals surface area contributed by atoms with Crippen LogP contribution in [0.3, 0.4) is 0 Å². The van der Waals surface area contributed by atoms with E-state index in [0.717, 1.165) is 21.2 Å². The number of carbonyl (C=O) groups is 1. The highest BCUT2D eigenvalue weighted by Gasteiger charge is 2.53. The molecule has 0 saturated heterocycles. The molecule has 3 aromatic rings. The molecule has 11 heteroatoms. The van der Waals surface area contributed by atoms with Crippen LogP contribution in [0.2, 0.25) is 0 Å². The monoisotopic (exact) mass is 578 g/mol. The fraction of sp³-hybridized carbons (Fsp3) is 0.259. The maximum absolute atomic E-state index is 13.5. The number of carbonyl (C=O) groups excluding carboxylic acids is 1. The zero-order valence-corrected chi connectivity index (χ0v) is 22.0. The third-order valence-electron chi connectivity index (χ3n) is 6.22. The Bertz CT molecular complexity index is 1340. The largest absolute Gasteiger partial charge is 0.494 e. The van der Waals surface area contributed by atoms with E-state index in [4.69, 9.17) is 30.9 Å². The fourth-order valence-electron chi connectivity index (χ4n) is 4.33. The average Bonchev–Trinajstić information content (AvgIpc) is 3.33. The van der Waals surface area contributed by atoms with Crippen LogP contribution in [0.25, 0.3) is 10.4 Å². The molecule has 2 atom stereocenters. The van der Waals surface area contributed by atoms with Crippen molar-refractivity contribution in [3.05, 3.63) is 110 Å². The summed E-state index contributed by atoms with van der Waals surface area (Å²) in [5.74, 6) is 6.12. The van der Waals surface area contributed by atoms with Gasteiger partial charge in [0.1, 0.15) is 5.75 Å². The summed E-state index contributed by atoms with van der Waals surface area (Å²) in [7, 11) is 0. The van der Waals surface area contributed by atoms with Gasteiger partial charge >= 0.3 is 0 Å². The molecule has 0 saturated carbocycles. The van der Waals surface area contributed by atoms with Gasteiger partial charge in [0.05, 0.1) is 13.2 Å². The second kappa shape index (κ2) is 12.6. The second-order valence-corrected chi connectivity index (χ2v) is 9.56. The fourth-order valence-corrected chi connectivity index (χ4v) is 4.59. The first kappa shape index (κ1) is 27.2. The van der Waals surface area contributed by atoms with Crippen molar-refractivity contribution in [1.29, 1.82) is 0 Å². The topological polar surface area (TPSA) is 155 Å². The first-order valence-corrected chi connectivity index (χ1v) is 12.7. The molecule has 0 unspecified atom stereocenters. The molecule has 38 heavy (non-hydrogen) atoms. The molecule has 0 radical (unpaired) electrons. The SMILES string of the molecule is [N-]=[N+]=NCc1ccccc1C[C@]1(C(=O)NN)N=C(c2ccc(OCCCO)cc2)O[C@H]1c1ccc(Br)cc1. The summed E-state index contributed by atoms with van der Waals surface area (Å²) >= 11 is 3.46. The lowest BCUT2D eigenvalue weighted by Crippen LogP contribution is -2.52. The van der Waals surface area contributed by atoms with Gasteiger partial charge in [-0.05, 0) is 58.6 Å². The summed E-state index contributed by atoms with van der Waals surface area (Å²) in [6.07, 6.45) is -0.105. The number of aliphatic hydroxyl groups is 1. The van der Waals surface area contributed by atoms with E-state index in [-0.39, 0.29) is 25.5 Å². The van der Waals surface area contributed by atoms with Crippen molar-refractivity contribution >= 4 is 27.7 Å². The molecular formula is C27H27BrN6O4. The van der Waals surface area contributed by atoms with Gasteiger partial charge in [-0.1, -0.05) is 57.4 Å². The predicted molar refractivity (Wildman–Crippen MR) is 146 cm³/mol. The van der Waals surface area contributed by atoms with Gasteiger partial charge in [0, 0.05) is 34.4 Å². The average molecular weight is 579 g/mol. The minimum absolute atomic E-state index is 0.0530. The number of nitrogens with two attached hydrogens (primary N) is 1. The minimum atomic E-state index is -1.44. The zero-order valence-electron chi connectivity index (χ0n) is 20.5. The van der Waals surface area contributed by atoms with Crippen LogP contribution in [0.1, 0.15) is 34.8 Å². The lowest BCUT2D eigenvalue weighted by Gasteiger charge is -2.30. The molecule has 1 heterocycles. The number of hydrogen-bond acceptors (Lipinski definition) is 7. The number of amides is 1. The van der Waals surface area contributed by atoms with Gasteiger partial charge in [-0.2, -0.15) is 0 Å². The molecule has 1 aliphatic heterocycles. The van der Waals surface area contributed by atoms with Crippen LogP contribution in [0, 0.1) is 0 Å². The van der Waals surface area contributed by atoms with Gasteiger partial charge in [-0.3, -0.25) is 10.2 Å². The Morgan fingerprint density at radius 3 is 2.53 bits per heavy atom. The number of aliphatic hydroxyl groups excluding tert-OH is 1. The number of nitrogens with one attached hydrogen (secondary N) is 1. The minimum Gasteiger partial charge on any atom is -0.494 e. The summed E-state index contributed by atoms with van der Waals surface area (Å²) < 4.78 is 12.9. The number of rotatable bonds is 11. The van der Waals surface area contributed by atoms with E-state index in [2.05, 4.69) is 31.4 Å². The standard InChI is InChI=1S/C27H27BrN6O4/c28-22-10-6-18(7-11-22)24-27(26(36)33-29,16-20-4-1-2-5-21(20)17-31-34-30)32-25(38-24)19-8-12-23(13-9-19)37-15-3-14-35/h1-2,4-13,24,35H,3,14-17,29H2,(H,33,36)/t24-,27-/m0/s1. The molecule has 196 valence electrons. The van der Waals surface area contributed by atoms with E-state index in [1.54, 1.807) is 24.3 Å². The van der Waals surface area contributed by atoms with E-state index in [9.17, 15) is 4.79 Å². The Balaban J connectivity index is 1.78. The molecular weight excluding hydrogens is 552 g/mol. The quantitative estimate of drug-likeness (QED) is 0.0580. The van der Waals surface area contributed by atoms with Crippen LogP contribution in [0.15, 0.2) is 87.4 Å². The Morgan fingerprint density at radius 1 is 1.16 bits per heavy atom. The number of hydrazine groups is 1. The molecule has 0 bridgehead atoms. The zero-order chi connectivity index (χ0) is 27.0. The summed E-state index contributed by atoms with van der Waals surface area (Å²) in [6, 6.07) is 22.1. The van der Waals surface area contributed by atoms with Gasteiger partial charge in [-0.15, -0.1) is 0 Å².